The van der Waals surface area contributed by atoms with Gasteiger partial charge < -0.3 is 10.4 Å². The lowest BCUT2D eigenvalue weighted by Gasteiger charge is -2.13. The molecule has 0 fully saturated rings. The van der Waals surface area contributed by atoms with Gasteiger partial charge in [0.25, 0.3) is 5.91 Å². The highest BCUT2D eigenvalue weighted by molar-refractivity contribution is 7.11. The second-order valence-corrected chi connectivity index (χ2v) is 4.41. The van der Waals surface area contributed by atoms with Gasteiger partial charge in [-0.3, -0.25) is 9.78 Å². The third-order valence-electron chi connectivity index (χ3n) is 2.31. The molecule has 0 spiro atoms. The van der Waals surface area contributed by atoms with Gasteiger partial charge in [0, 0.05) is 0 Å². The van der Waals surface area contributed by atoms with E-state index in [9.17, 15) is 9.59 Å². The number of rotatable bonds is 4. The quantitative estimate of drug-likeness (QED) is 0.879. The molecule has 0 unspecified atom stereocenters. The molecule has 0 saturated heterocycles. The molecule has 0 aliphatic rings. The van der Waals surface area contributed by atoms with Crippen molar-refractivity contribution in [2.45, 2.75) is 6.04 Å². The van der Waals surface area contributed by atoms with Crippen LogP contribution in [0.25, 0.3) is 0 Å². The number of aliphatic carboxylic acids is 1. The Morgan fingerprint density at radius 3 is 2.56 bits per heavy atom. The van der Waals surface area contributed by atoms with E-state index in [0.717, 1.165) is 11.3 Å². The maximum Gasteiger partial charge on any atom is 0.330 e. The Bertz CT molecular complexity index is 540. The number of carbonyl (C=O) groups excluding carboxylic acids is 1. The molecule has 0 bridgehead atoms. The molecule has 1 heterocycles. The number of carboxylic acid groups (broad SMARTS) is 1. The Labute approximate surface area is 107 Å². The summed E-state index contributed by atoms with van der Waals surface area (Å²) in [6, 6.07) is 7.50. The zero-order valence-electron chi connectivity index (χ0n) is 9.24. The molecule has 0 saturated carbocycles. The number of aromatic nitrogens is 1. The van der Waals surface area contributed by atoms with E-state index in [-0.39, 0.29) is 0 Å². The summed E-state index contributed by atoms with van der Waals surface area (Å²) in [6.45, 7) is 0. The molecule has 1 atom stereocenters. The van der Waals surface area contributed by atoms with Gasteiger partial charge in [0.1, 0.15) is 4.88 Å². The summed E-state index contributed by atoms with van der Waals surface area (Å²) in [7, 11) is 0. The topological polar surface area (TPSA) is 79.3 Å². The van der Waals surface area contributed by atoms with E-state index in [1.165, 1.54) is 11.7 Å². The van der Waals surface area contributed by atoms with Crippen molar-refractivity contribution in [3.8, 4) is 0 Å². The Hall–Kier alpha value is -2.21. The Morgan fingerprint density at radius 1 is 1.28 bits per heavy atom. The van der Waals surface area contributed by atoms with Crippen LogP contribution in [0.1, 0.15) is 21.3 Å². The first-order chi connectivity index (χ1) is 8.68. The van der Waals surface area contributed by atoms with Gasteiger partial charge in [0.2, 0.25) is 0 Å². The average molecular weight is 262 g/mol. The lowest BCUT2D eigenvalue weighted by molar-refractivity contribution is -0.139. The van der Waals surface area contributed by atoms with Crippen LogP contribution >= 0.6 is 11.3 Å². The average Bonchev–Trinajstić information content (AvgIpc) is 2.90. The number of hydrogen-bond donors (Lipinski definition) is 2. The normalized spacial score (nSPS) is 11.8. The minimum atomic E-state index is -1.10. The van der Waals surface area contributed by atoms with Crippen LogP contribution in [0.4, 0.5) is 0 Å². The molecule has 92 valence electrons. The third kappa shape index (κ3) is 2.72. The van der Waals surface area contributed by atoms with Gasteiger partial charge in [-0.15, -0.1) is 11.3 Å². The van der Waals surface area contributed by atoms with Gasteiger partial charge in [0.15, 0.2) is 6.04 Å². The maximum atomic E-state index is 11.8. The first-order valence-electron chi connectivity index (χ1n) is 5.15. The lowest BCUT2D eigenvalue weighted by atomic mass is 10.1. The van der Waals surface area contributed by atoms with Gasteiger partial charge >= 0.3 is 5.97 Å². The highest BCUT2D eigenvalue weighted by Crippen LogP contribution is 2.14. The summed E-state index contributed by atoms with van der Waals surface area (Å²) in [5.74, 6) is -1.53. The second kappa shape index (κ2) is 5.42. The summed E-state index contributed by atoms with van der Waals surface area (Å²) >= 11 is 1.16. The molecule has 0 aliphatic heterocycles. The van der Waals surface area contributed by atoms with E-state index < -0.39 is 17.9 Å². The largest absolute Gasteiger partial charge is 0.479 e. The van der Waals surface area contributed by atoms with Gasteiger partial charge in [-0.1, -0.05) is 30.3 Å². The van der Waals surface area contributed by atoms with Crippen LogP contribution in [0, 0.1) is 0 Å². The number of carbonyl (C=O) groups is 2. The number of nitrogens with one attached hydrogen (secondary N) is 1. The molecule has 1 aromatic heterocycles. The Balaban J connectivity index is 2.18. The van der Waals surface area contributed by atoms with Crippen molar-refractivity contribution in [3.63, 3.8) is 0 Å². The van der Waals surface area contributed by atoms with Crippen molar-refractivity contribution < 1.29 is 14.7 Å². The van der Waals surface area contributed by atoms with Gasteiger partial charge in [-0.25, -0.2) is 4.79 Å². The molecule has 0 aliphatic carbocycles. The van der Waals surface area contributed by atoms with Crippen LogP contribution in [-0.4, -0.2) is 22.0 Å². The fourth-order valence-corrected chi connectivity index (χ4v) is 1.99. The summed E-state index contributed by atoms with van der Waals surface area (Å²) < 4.78 is 0. The van der Waals surface area contributed by atoms with Crippen molar-refractivity contribution >= 4 is 23.2 Å². The van der Waals surface area contributed by atoms with E-state index in [0.29, 0.717) is 10.4 Å². The summed E-state index contributed by atoms with van der Waals surface area (Å²) in [6.07, 6.45) is 1.41. The number of nitrogens with zero attached hydrogens (tertiary/aromatic N) is 1. The molecule has 2 rings (SSSR count). The minimum Gasteiger partial charge on any atom is -0.479 e. The number of benzene rings is 1. The number of carboxylic acids is 1. The molecule has 2 N–H and O–H groups in total. The van der Waals surface area contributed by atoms with Crippen LogP contribution in [0.15, 0.2) is 42.0 Å². The van der Waals surface area contributed by atoms with E-state index in [1.54, 1.807) is 30.3 Å². The third-order valence-corrected chi connectivity index (χ3v) is 3.08. The van der Waals surface area contributed by atoms with Crippen LogP contribution in [0.2, 0.25) is 0 Å². The molecule has 0 radical (unpaired) electrons. The number of thiazole rings is 1. The molecule has 5 nitrogen and oxygen atoms in total. The Morgan fingerprint density at radius 2 is 2.00 bits per heavy atom. The first kappa shape index (κ1) is 12.3. The lowest BCUT2D eigenvalue weighted by Crippen LogP contribution is -2.33. The van der Waals surface area contributed by atoms with Crippen molar-refractivity contribution in [1.82, 2.24) is 10.3 Å². The SMILES string of the molecule is O=C(N[C@@H](C(=O)O)c1ccccc1)c1cncs1. The van der Waals surface area contributed by atoms with Crippen LogP contribution in [0.5, 0.6) is 0 Å². The molecule has 1 amide bonds. The summed E-state index contributed by atoms with van der Waals surface area (Å²) in [5.41, 5.74) is 2.05. The van der Waals surface area contributed by atoms with Gasteiger partial charge in [0.05, 0.1) is 11.7 Å². The summed E-state index contributed by atoms with van der Waals surface area (Å²) in [4.78, 5) is 27.1. The first-order valence-corrected chi connectivity index (χ1v) is 6.03. The molecular formula is C12H10N2O3S. The fraction of sp³-hybridized carbons (Fsp3) is 0.0833. The second-order valence-electron chi connectivity index (χ2n) is 3.52. The van der Waals surface area contributed by atoms with Crippen LogP contribution in [-0.2, 0) is 4.79 Å². The van der Waals surface area contributed by atoms with Gasteiger partial charge in [-0.05, 0) is 5.56 Å². The zero-order chi connectivity index (χ0) is 13.0. The highest BCUT2D eigenvalue weighted by atomic mass is 32.1. The molecule has 1 aromatic carbocycles. The fourth-order valence-electron chi connectivity index (χ4n) is 1.46. The van der Waals surface area contributed by atoms with Crippen molar-refractivity contribution in [2.75, 3.05) is 0 Å². The molecule has 2 aromatic rings. The molecule has 18 heavy (non-hydrogen) atoms. The van der Waals surface area contributed by atoms with E-state index >= 15 is 0 Å². The number of amides is 1. The van der Waals surface area contributed by atoms with E-state index in [1.807, 2.05) is 0 Å². The number of hydrogen-bond acceptors (Lipinski definition) is 4. The predicted octanol–water partition coefficient (Wildman–Crippen LogP) is 1.70. The van der Waals surface area contributed by atoms with Gasteiger partial charge in [-0.2, -0.15) is 0 Å². The zero-order valence-corrected chi connectivity index (χ0v) is 10.1. The van der Waals surface area contributed by atoms with Crippen LogP contribution in [0.3, 0.4) is 0 Å². The summed E-state index contributed by atoms with van der Waals surface area (Å²) in [5, 5.41) is 11.6. The molecule has 6 heteroatoms. The standard InChI is InChI=1S/C12H10N2O3S/c15-11(9-6-13-7-18-9)14-10(12(16)17)8-4-2-1-3-5-8/h1-7,10H,(H,14,15)(H,16,17)/t10-/m1/s1. The smallest absolute Gasteiger partial charge is 0.330 e. The molecular weight excluding hydrogens is 252 g/mol. The highest BCUT2D eigenvalue weighted by Gasteiger charge is 2.22. The maximum absolute atomic E-state index is 11.8. The van der Waals surface area contributed by atoms with E-state index in [2.05, 4.69) is 10.3 Å². The van der Waals surface area contributed by atoms with Crippen molar-refractivity contribution in [3.05, 3.63) is 52.5 Å². The predicted molar refractivity (Wildman–Crippen MR) is 66.4 cm³/mol. The van der Waals surface area contributed by atoms with Crippen LogP contribution < -0.4 is 5.32 Å². The van der Waals surface area contributed by atoms with Crippen molar-refractivity contribution in [2.24, 2.45) is 0 Å². The monoisotopic (exact) mass is 262 g/mol. The van der Waals surface area contributed by atoms with Crippen molar-refractivity contribution in [1.29, 1.82) is 0 Å². The Kier molecular flexibility index (Phi) is 3.69. The minimum absolute atomic E-state index is 0.386. The van der Waals surface area contributed by atoms with E-state index in [4.69, 9.17) is 5.11 Å².